The molecule has 1 aromatic carbocycles. The molecule has 110 valence electrons. The van der Waals surface area contributed by atoms with Gasteiger partial charge in [0.15, 0.2) is 0 Å². The van der Waals surface area contributed by atoms with E-state index in [-0.39, 0.29) is 0 Å². The van der Waals surface area contributed by atoms with Crippen molar-refractivity contribution in [2.24, 2.45) is 0 Å². The number of hydrogen-bond acceptors (Lipinski definition) is 4. The zero-order valence-electron chi connectivity index (χ0n) is 12.6. The van der Waals surface area contributed by atoms with Gasteiger partial charge in [0.25, 0.3) is 0 Å². The quantitative estimate of drug-likeness (QED) is 0.817. The average molecular weight is 275 g/mol. The van der Waals surface area contributed by atoms with Gasteiger partial charge in [-0.1, -0.05) is 0 Å². The molecule has 0 aromatic heterocycles. The van der Waals surface area contributed by atoms with Gasteiger partial charge in [-0.2, -0.15) is 0 Å². The molecule has 4 nitrogen and oxygen atoms in total. The van der Waals surface area contributed by atoms with Crippen molar-refractivity contribution in [3.05, 3.63) is 24.3 Å². The van der Waals surface area contributed by atoms with Crippen LogP contribution in [0.15, 0.2) is 24.3 Å². The molecular weight excluding hydrogens is 250 g/mol. The highest BCUT2D eigenvalue weighted by molar-refractivity contribution is 5.56. The number of ether oxygens (including phenoxy) is 1. The number of likely N-dealkylation sites (N-methyl/N-ethyl adjacent to an activating group) is 1. The molecule has 0 saturated carbocycles. The third kappa shape index (κ3) is 2.91. The Balaban J connectivity index is 1.66. The number of nitrogens with zero attached hydrogens (tertiary/aromatic N) is 3. The zero-order valence-corrected chi connectivity index (χ0v) is 12.6. The van der Waals surface area contributed by atoms with E-state index < -0.39 is 0 Å². The summed E-state index contributed by atoms with van der Waals surface area (Å²) >= 11 is 0. The van der Waals surface area contributed by atoms with Crippen LogP contribution in [-0.4, -0.2) is 63.9 Å². The summed E-state index contributed by atoms with van der Waals surface area (Å²) in [5.41, 5.74) is 2.67. The summed E-state index contributed by atoms with van der Waals surface area (Å²) in [5.74, 6) is 0. The second-order valence-electron chi connectivity index (χ2n) is 5.89. The number of hydrogen-bond donors (Lipinski definition) is 0. The van der Waals surface area contributed by atoms with E-state index in [4.69, 9.17) is 4.74 Å². The lowest BCUT2D eigenvalue weighted by Crippen LogP contribution is -2.50. The van der Waals surface area contributed by atoms with Crippen molar-refractivity contribution in [1.29, 1.82) is 0 Å². The fourth-order valence-corrected chi connectivity index (χ4v) is 2.98. The first kappa shape index (κ1) is 13.7. The Morgan fingerprint density at radius 3 is 2.10 bits per heavy atom. The molecule has 0 aliphatic carbocycles. The molecule has 2 fully saturated rings. The van der Waals surface area contributed by atoms with Crippen molar-refractivity contribution in [2.45, 2.75) is 13.0 Å². The van der Waals surface area contributed by atoms with Crippen LogP contribution in [0.5, 0.6) is 0 Å². The van der Waals surface area contributed by atoms with Crippen LogP contribution in [0.1, 0.15) is 6.92 Å². The van der Waals surface area contributed by atoms with Gasteiger partial charge in [0, 0.05) is 50.1 Å². The average Bonchev–Trinajstić information content (AvgIpc) is 2.51. The summed E-state index contributed by atoms with van der Waals surface area (Å²) in [5, 5.41) is 0. The van der Waals surface area contributed by atoms with Crippen LogP contribution in [0.4, 0.5) is 11.4 Å². The molecule has 0 bridgehead atoms. The van der Waals surface area contributed by atoms with Gasteiger partial charge in [-0.25, -0.2) is 0 Å². The molecule has 2 saturated heterocycles. The number of benzene rings is 1. The van der Waals surface area contributed by atoms with E-state index in [0.717, 1.165) is 45.9 Å². The van der Waals surface area contributed by atoms with Crippen LogP contribution < -0.4 is 9.80 Å². The number of piperazine rings is 1. The molecular formula is C16H25N3O. The highest BCUT2D eigenvalue weighted by atomic mass is 16.5. The molecule has 0 spiro atoms. The normalized spacial score (nSPS) is 25.0. The minimum Gasteiger partial charge on any atom is -0.378 e. The fourth-order valence-electron chi connectivity index (χ4n) is 2.98. The fraction of sp³-hybridized carbons (Fsp3) is 0.625. The third-order valence-corrected chi connectivity index (χ3v) is 4.55. The van der Waals surface area contributed by atoms with Crippen molar-refractivity contribution in [3.8, 4) is 0 Å². The largest absolute Gasteiger partial charge is 0.378 e. The van der Waals surface area contributed by atoms with Crippen molar-refractivity contribution in [1.82, 2.24) is 4.90 Å². The first-order valence-electron chi connectivity index (χ1n) is 7.62. The SMILES string of the molecule is CC1CN(c2ccc(N3CCOCC3)cc2)CCN1C. The summed E-state index contributed by atoms with van der Waals surface area (Å²) < 4.78 is 5.41. The van der Waals surface area contributed by atoms with E-state index >= 15 is 0 Å². The first-order valence-corrected chi connectivity index (χ1v) is 7.62. The Labute approximate surface area is 121 Å². The van der Waals surface area contributed by atoms with E-state index in [0.29, 0.717) is 6.04 Å². The van der Waals surface area contributed by atoms with Crippen LogP contribution >= 0.6 is 0 Å². The zero-order chi connectivity index (χ0) is 13.9. The van der Waals surface area contributed by atoms with Crippen molar-refractivity contribution in [3.63, 3.8) is 0 Å². The topological polar surface area (TPSA) is 19.0 Å². The Morgan fingerprint density at radius 2 is 1.50 bits per heavy atom. The van der Waals surface area contributed by atoms with E-state index in [1.807, 2.05) is 0 Å². The van der Waals surface area contributed by atoms with Gasteiger partial charge in [-0.05, 0) is 38.2 Å². The molecule has 2 heterocycles. The third-order valence-electron chi connectivity index (χ3n) is 4.55. The molecule has 0 amide bonds. The summed E-state index contributed by atoms with van der Waals surface area (Å²) in [6.45, 7) is 9.39. The number of anilines is 2. The van der Waals surface area contributed by atoms with Gasteiger partial charge in [0.1, 0.15) is 0 Å². The lowest BCUT2D eigenvalue weighted by Gasteiger charge is -2.39. The maximum absolute atomic E-state index is 5.41. The predicted molar refractivity (Wildman–Crippen MR) is 83.8 cm³/mol. The lowest BCUT2D eigenvalue weighted by atomic mass is 10.1. The Kier molecular flexibility index (Phi) is 4.13. The Bertz CT molecular complexity index is 428. The summed E-state index contributed by atoms with van der Waals surface area (Å²) in [7, 11) is 2.21. The molecule has 1 aromatic rings. The Morgan fingerprint density at radius 1 is 0.900 bits per heavy atom. The standard InChI is InChI=1S/C16H25N3O/c1-14-13-19(8-7-17(14)2)16-5-3-15(4-6-16)18-9-11-20-12-10-18/h3-6,14H,7-13H2,1-2H3. The summed E-state index contributed by atoms with van der Waals surface area (Å²) in [6.07, 6.45) is 0. The van der Waals surface area contributed by atoms with Gasteiger partial charge in [-0.15, -0.1) is 0 Å². The Hall–Kier alpha value is -1.26. The van der Waals surface area contributed by atoms with Crippen molar-refractivity contribution >= 4 is 11.4 Å². The van der Waals surface area contributed by atoms with Gasteiger partial charge >= 0.3 is 0 Å². The van der Waals surface area contributed by atoms with Gasteiger partial charge in [-0.3, -0.25) is 0 Å². The van der Waals surface area contributed by atoms with Crippen LogP contribution in [0.2, 0.25) is 0 Å². The lowest BCUT2D eigenvalue weighted by molar-refractivity contribution is 0.122. The van der Waals surface area contributed by atoms with E-state index in [1.165, 1.54) is 11.4 Å². The van der Waals surface area contributed by atoms with Crippen LogP contribution in [0, 0.1) is 0 Å². The molecule has 20 heavy (non-hydrogen) atoms. The summed E-state index contributed by atoms with van der Waals surface area (Å²) in [6, 6.07) is 9.67. The first-order chi connectivity index (χ1) is 9.74. The monoisotopic (exact) mass is 275 g/mol. The van der Waals surface area contributed by atoms with Crippen molar-refractivity contribution < 1.29 is 4.74 Å². The second-order valence-corrected chi connectivity index (χ2v) is 5.89. The highest BCUT2D eigenvalue weighted by Gasteiger charge is 2.21. The molecule has 3 rings (SSSR count). The smallest absolute Gasteiger partial charge is 0.0642 e. The van der Waals surface area contributed by atoms with Gasteiger partial charge in [0.2, 0.25) is 0 Å². The maximum Gasteiger partial charge on any atom is 0.0642 e. The van der Waals surface area contributed by atoms with E-state index in [2.05, 4.69) is 52.9 Å². The van der Waals surface area contributed by atoms with Crippen LogP contribution in [0.25, 0.3) is 0 Å². The molecule has 0 N–H and O–H groups in total. The highest BCUT2D eigenvalue weighted by Crippen LogP contribution is 2.23. The minimum absolute atomic E-state index is 0.627. The molecule has 0 radical (unpaired) electrons. The van der Waals surface area contributed by atoms with Gasteiger partial charge in [0.05, 0.1) is 13.2 Å². The second kappa shape index (κ2) is 6.02. The number of morpholine rings is 1. The predicted octanol–water partition coefficient (Wildman–Crippen LogP) is 1.66. The summed E-state index contributed by atoms with van der Waals surface area (Å²) in [4.78, 5) is 7.33. The van der Waals surface area contributed by atoms with Crippen molar-refractivity contribution in [2.75, 3.05) is 62.8 Å². The maximum atomic E-state index is 5.41. The van der Waals surface area contributed by atoms with E-state index in [9.17, 15) is 0 Å². The number of rotatable bonds is 2. The van der Waals surface area contributed by atoms with E-state index in [1.54, 1.807) is 0 Å². The molecule has 2 aliphatic heterocycles. The van der Waals surface area contributed by atoms with Crippen LogP contribution in [-0.2, 0) is 4.74 Å². The molecule has 4 heteroatoms. The van der Waals surface area contributed by atoms with Gasteiger partial charge < -0.3 is 19.4 Å². The molecule has 1 unspecified atom stereocenters. The molecule has 1 atom stereocenters. The molecule has 2 aliphatic rings. The van der Waals surface area contributed by atoms with Crippen LogP contribution in [0.3, 0.4) is 0 Å². The minimum atomic E-state index is 0.627.